The Hall–Kier alpha value is -1.20. The van der Waals surface area contributed by atoms with E-state index in [0.717, 1.165) is 9.79 Å². The molecule has 0 spiro atoms. The van der Waals surface area contributed by atoms with Crippen molar-refractivity contribution in [3.05, 3.63) is 67.4 Å². The lowest BCUT2D eigenvalue weighted by Gasteiger charge is -1.98. The number of allylic oxidation sites excluding steroid dienone is 2. The van der Waals surface area contributed by atoms with Crippen LogP contribution in [0.3, 0.4) is 0 Å². The Morgan fingerprint density at radius 2 is 1.09 bits per heavy atom. The van der Waals surface area contributed by atoms with Crippen LogP contribution >= 0.6 is 46.7 Å². The van der Waals surface area contributed by atoms with Crippen molar-refractivity contribution in [1.29, 1.82) is 0 Å². The minimum absolute atomic E-state index is 0.141. The van der Waals surface area contributed by atoms with E-state index in [9.17, 15) is 9.59 Å². The van der Waals surface area contributed by atoms with Gasteiger partial charge < -0.3 is 0 Å². The van der Waals surface area contributed by atoms with E-state index in [0.29, 0.717) is 31.0 Å². The molecule has 22 heavy (non-hydrogen) atoms. The molecule has 0 bridgehead atoms. The van der Waals surface area contributed by atoms with Crippen molar-refractivity contribution < 1.29 is 9.59 Å². The molecule has 0 aliphatic carbocycles. The van der Waals surface area contributed by atoms with Gasteiger partial charge in [-0.2, -0.15) is 0 Å². The standard InChI is InChI=1S/C16H6Cl2O2S2/c17-7-1-3-11-9(5-7)13(19)15(21-11)16-14(20)10-6-8(18)2-4-12(10)22-16/h1-6H/b16-15+. The molecule has 4 rings (SSSR count). The topological polar surface area (TPSA) is 34.1 Å². The Kier molecular flexibility index (Phi) is 3.38. The molecule has 0 unspecified atom stereocenters. The van der Waals surface area contributed by atoms with Crippen LogP contribution in [0.2, 0.25) is 10.0 Å². The van der Waals surface area contributed by atoms with E-state index in [4.69, 9.17) is 23.2 Å². The number of carbonyl (C=O) groups is 2. The van der Waals surface area contributed by atoms with Gasteiger partial charge in [-0.15, -0.1) is 0 Å². The summed E-state index contributed by atoms with van der Waals surface area (Å²) in [4.78, 5) is 27.8. The van der Waals surface area contributed by atoms with Crippen LogP contribution < -0.4 is 0 Å². The van der Waals surface area contributed by atoms with Crippen LogP contribution in [-0.4, -0.2) is 11.6 Å². The average molecular weight is 365 g/mol. The molecule has 0 radical (unpaired) electrons. The maximum absolute atomic E-state index is 12.6. The van der Waals surface area contributed by atoms with E-state index in [1.165, 1.54) is 23.5 Å². The molecule has 0 saturated heterocycles. The maximum atomic E-state index is 12.6. The van der Waals surface area contributed by atoms with Gasteiger partial charge in [0.15, 0.2) is 0 Å². The summed E-state index contributed by atoms with van der Waals surface area (Å²) in [6.45, 7) is 0. The van der Waals surface area contributed by atoms with Crippen LogP contribution in [0.4, 0.5) is 0 Å². The number of hydrogen-bond acceptors (Lipinski definition) is 4. The number of carbonyl (C=O) groups excluding carboxylic acids is 2. The van der Waals surface area contributed by atoms with Gasteiger partial charge in [0.2, 0.25) is 11.6 Å². The highest BCUT2D eigenvalue weighted by molar-refractivity contribution is 8.08. The number of benzene rings is 2. The quantitative estimate of drug-likeness (QED) is 0.579. The Labute approximate surface area is 144 Å². The lowest BCUT2D eigenvalue weighted by Crippen LogP contribution is -2.02. The molecule has 2 aliphatic heterocycles. The van der Waals surface area contributed by atoms with Gasteiger partial charge in [0, 0.05) is 31.0 Å². The maximum Gasteiger partial charge on any atom is 0.202 e. The third-order valence-corrected chi connectivity index (χ3v) is 6.35. The first-order chi connectivity index (χ1) is 10.5. The number of thioether (sulfide) groups is 2. The van der Waals surface area contributed by atoms with Gasteiger partial charge in [-0.25, -0.2) is 0 Å². The second-order valence-corrected chi connectivity index (χ2v) is 7.78. The fourth-order valence-electron chi connectivity index (χ4n) is 2.39. The molecule has 108 valence electrons. The summed E-state index contributed by atoms with van der Waals surface area (Å²) >= 11 is 14.6. The van der Waals surface area contributed by atoms with Crippen molar-refractivity contribution in [3.8, 4) is 0 Å². The Morgan fingerprint density at radius 1 is 0.682 bits per heavy atom. The number of ketones is 2. The highest BCUT2D eigenvalue weighted by atomic mass is 35.5. The molecule has 2 aliphatic rings. The largest absolute Gasteiger partial charge is 0.288 e. The van der Waals surface area contributed by atoms with Gasteiger partial charge in [0.25, 0.3) is 0 Å². The minimum Gasteiger partial charge on any atom is -0.288 e. The molecular weight excluding hydrogens is 359 g/mol. The van der Waals surface area contributed by atoms with Crippen molar-refractivity contribution in [2.24, 2.45) is 0 Å². The van der Waals surface area contributed by atoms with E-state index in [-0.39, 0.29) is 11.6 Å². The zero-order chi connectivity index (χ0) is 15.4. The lowest BCUT2D eigenvalue weighted by molar-refractivity contribution is 0.101. The molecule has 0 saturated carbocycles. The number of Topliss-reactive ketones (excluding diaryl/α,β-unsaturated/α-hetero) is 2. The Bertz CT molecular complexity index is 830. The molecule has 2 aromatic carbocycles. The number of fused-ring (bicyclic) bond motifs is 2. The van der Waals surface area contributed by atoms with Crippen LogP contribution in [0.5, 0.6) is 0 Å². The predicted octanol–water partition coefficient (Wildman–Crippen LogP) is 5.48. The van der Waals surface area contributed by atoms with Crippen LogP contribution in [-0.2, 0) is 0 Å². The fourth-order valence-corrected chi connectivity index (χ4v) is 5.00. The summed E-state index contributed by atoms with van der Waals surface area (Å²) < 4.78 is 0. The zero-order valence-corrected chi connectivity index (χ0v) is 14.0. The first-order valence-electron chi connectivity index (χ1n) is 6.33. The summed E-state index contributed by atoms with van der Waals surface area (Å²) in [6.07, 6.45) is 0. The van der Waals surface area contributed by atoms with E-state index in [1.807, 2.05) is 12.1 Å². The Morgan fingerprint density at radius 3 is 1.50 bits per heavy atom. The van der Waals surface area contributed by atoms with Gasteiger partial charge in [-0.1, -0.05) is 46.7 Å². The normalized spacial score (nSPS) is 19.5. The summed E-state index contributed by atoms with van der Waals surface area (Å²) in [7, 11) is 0. The second-order valence-electron chi connectivity index (χ2n) is 4.80. The first kappa shape index (κ1) is 14.4. The number of halogens is 2. The van der Waals surface area contributed by atoms with Gasteiger partial charge in [-0.05, 0) is 36.4 Å². The third kappa shape index (κ3) is 2.14. The predicted molar refractivity (Wildman–Crippen MR) is 90.3 cm³/mol. The second kappa shape index (κ2) is 5.17. The summed E-state index contributed by atoms with van der Waals surface area (Å²) in [5.74, 6) is -0.283. The molecule has 0 fully saturated rings. The highest BCUT2D eigenvalue weighted by Gasteiger charge is 2.36. The van der Waals surface area contributed by atoms with Crippen molar-refractivity contribution in [3.63, 3.8) is 0 Å². The van der Waals surface area contributed by atoms with E-state index < -0.39 is 0 Å². The van der Waals surface area contributed by atoms with Crippen LogP contribution in [0.25, 0.3) is 0 Å². The van der Waals surface area contributed by atoms with Crippen molar-refractivity contribution in [2.75, 3.05) is 0 Å². The smallest absolute Gasteiger partial charge is 0.202 e. The number of rotatable bonds is 0. The molecule has 6 heteroatoms. The Balaban J connectivity index is 1.82. The third-order valence-electron chi connectivity index (χ3n) is 3.42. The summed E-state index contributed by atoms with van der Waals surface area (Å²) in [5, 5.41) is 1.03. The van der Waals surface area contributed by atoms with Crippen molar-refractivity contribution >= 4 is 58.3 Å². The molecule has 0 aromatic heterocycles. The monoisotopic (exact) mass is 364 g/mol. The van der Waals surface area contributed by atoms with Crippen molar-refractivity contribution in [2.45, 2.75) is 9.79 Å². The van der Waals surface area contributed by atoms with Crippen molar-refractivity contribution in [1.82, 2.24) is 0 Å². The van der Waals surface area contributed by atoms with Crippen LogP contribution in [0, 0.1) is 0 Å². The first-order valence-corrected chi connectivity index (χ1v) is 8.72. The molecule has 2 aromatic rings. The van der Waals surface area contributed by atoms with Gasteiger partial charge >= 0.3 is 0 Å². The van der Waals surface area contributed by atoms with Gasteiger partial charge in [-0.3, -0.25) is 9.59 Å². The lowest BCUT2D eigenvalue weighted by atomic mass is 10.1. The molecular formula is C16H6Cl2O2S2. The summed E-state index contributed by atoms with van der Waals surface area (Å²) in [5.41, 5.74) is 1.12. The van der Waals surface area contributed by atoms with Gasteiger partial charge in [0.1, 0.15) is 0 Å². The van der Waals surface area contributed by atoms with E-state index >= 15 is 0 Å². The molecule has 2 nitrogen and oxygen atoms in total. The minimum atomic E-state index is -0.141. The summed E-state index contributed by atoms with van der Waals surface area (Å²) in [6, 6.07) is 10.4. The molecule has 0 amide bonds. The van der Waals surface area contributed by atoms with Crippen LogP contribution in [0.15, 0.2) is 56.0 Å². The highest BCUT2D eigenvalue weighted by Crippen LogP contribution is 2.50. The SMILES string of the molecule is O=C1/C(=C2\Sc3ccc(Cl)cc3C2=O)Sc2ccc(Cl)cc21. The van der Waals surface area contributed by atoms with E-state index in [2.05, 4.69) is 0 Å². The molecule has 0 N–H and O–H groups in total. The van der Waals surface area contributed by atoms with Crippen LogP contribution in [0.1, 0.15) is 20.7 Å². The fraction of sp³-hybridized carbons (Fsp3) is 0. The molecule has 0 atom stereocenters. The number of hydrogen-bond donors (Lipinski definition) is 0. The zero-order valence-electron chi connectivity index (χ0n) is 10.9. The van der Waals surface area contributed by atoms with E-state index in [1.54, 1.807) is 24.3 Å². The van der Waals surface area contributed by atoms with Gasteiger partial charge in [0.05, 0.1) is 9.81 Å². The molecule has 2 heterocycles. The average Bonchev–Trinajstić information content (AvgIpc) is 2.98.